The summed E-state index contributed by atoms with van der Waals surface area (Å²) in [7, 11) is 0. The molecule has 2 atom stereocenters. The molecule has 0 rings (SSSR count). The van der Waals surface area contributed by atoms with Crippen molar-refractivity contribution in [3.63, 3.8) is 0 Å². The van der Waals surface area contributed by atoms with Gasteiger partial charge in [-0.05, 0) is 26.3 Å². The Bertz CT molecular complexity index is 213. The maximum Gasteiger partial charge on any atom is 0.324 e. The second-order valence-electron chi connectivity index (χ2n) is 4.20. The Labute approximate surface area is 102 Å². The van der Waals surface area contributed by atoms with E-state index in [2.05, 4.69) is 5.32 Å². The third-order valence-corrected chi connectivity index (χ3v) is 3.98. The van der Waals surface area contributed by atoms with E-state index in [1.165, 1.54) is 0 Å². The second kappa shape index (κ2) is 7.92. The number of nitrogens with one attached hydrogen (secondary N) is 1. The van der Waals surface area contributed by atoms with Crippen molar-refractivity contribution in [3.8, 4) is 0 Å². The van der Waals surface area contributed by atoms with Gasteiger partial charge in [0.15, 0.2) is 0 Å². The zero-order valence-electron chi connectivity index (χ0n) is 10.3. The minimum Gasteiger partial charge on any atom is -0.480 e. The van der Waals surface area contributed by atoms with Gasteiger partial charge in [-0.15, -0.1) is 0 Å². The first kappa shape index (κ1) is 15.7. The average Bonchev–Trinajstić information content (AvgIpc) is 2.24. The molecule has 0 spiro atoms. The van der Waals surface area contributed by atoms with Gasteiger partial charge < -0.3 is 15.5 Å². The van der Waals surface area contributed by atoms with Gasteiger partial charge in [0, 0.05) is 17.6 Å². The molecule has 4 nitrogen and oxygen atoms in total. The first-order valence-electron chi connectivity index (χ1n) is 5.67. The zero-order valence-corrected chi connectivity index (χ0v) is 11.1. The lowest BCUT2D eigenvalue weighted by atomic mass is 10.1. The number of rotatable bonds is 9. The molecule has 2 unspecified atom stereocenters. The number of carboxylic acid groups (broad SMARTS) is 1. The Hall–Kier alpha value is -0.260. The van der Waals surface area contributed by atoms with E-state index in [9.17, 15) is 9.90 Å². The van der Waals surface area contributed by atoms with E-state index >= 15 is 0 Å². The molecule has 0 aromatic heterocycles. The van der Waals surface area contributed by atoms with E-state index in [-0.39, 0.29) is 11.9 Å². The van der Waals surface area contributed by atoms with Crippen molar-refractivity contribution in [2.75, 3.05) is 18.9 Å². The van der Waals surface area contributed by atoms with Crippen molar-refractivity contribution in [2.24, 2.45) is 0 Å². The number of aliphatic carboxylic acids is 1. The van der Waals surface area contributed by atoms with Gasteiger partial charge in [0.2, 0.25) is 0 Å². The summed E-state index contributed by atoms with van der Waals surface area (Å²) in [4.78, 5) is 11.2. The minimum atomic E-state index is -0.871. The molecule has 0 fully saturated rings. The Balaban J connectivity index is 4.16. The van der Waals surface area contributed by atoms with Crippen LogP contribution >= 0.6 is 11.8 Å². The highest BCUT2D eigenvalue weighted by molar-refractivity contribution is 8.00. The number of hydrogen-bond donors (Lipinski definition) is 3. The lowest BCUT2D eigenvalue weighted by Gasteiger charge is -2.27. The summed E-state index contributed by atoms with van der Waals surface area (Å²) >= 11 is 1.58. The number of aliphatic hydroxyl groups is 1. The number of aliphatic hydroxyl groups excluding tert-OH is 1. The van der Waals surface area contributed by atoms with E-state index in [0.717, 1.165) is 6.42 Å². The van der Waals surface area contributed by atoms with Crippen molar-refractivity contribution in [1.82, 2.24) is 5.32 Å². The maximum absolute atomic E-state index is 11.2. The summed E-state index contributed by atoms with van der Waals surface area (Å²) < 4.78 is 0. The highest BCUT2D eigenvalue weighted by Crippen LogP contribution is 2.20. The quantitative estimate of drug-likeness (QED) is 0.575. The fourth-order valence-corrected chi connectivity index (χ4v) is 2.28. The Morgan fingerprint density at radius 1 is 1.56 bits per heavy atom. The highest BCUT2D eigenvalue weighted by Gasteiger charge is 2.32. The molecule has 0 saturated carbocycles. The Kier molecular flexibility index (Phi) is 7.80. The van der Waals surface area contributed by atoms with Crippen LogP contribution in [0.1, 0.15) is 33.6 Å². The summed E-state index contributed by atoms with van der Waals surface area (Å²) in [5.74, 6) is -0.298. The van der Waals surface area contributed by atoms with Crippen LogP contribution in [0.15, 0.2) is 0 Å². The summed E-state index contributed by atoms with van der Waals surface area (Å²) in [6.45, 7) is 6.58. The SMILES string of the molecule is CCCNC(C)(CSC(C)CCO)C(=O)O. The number of thioether (sulfide) groups is 1. The molecule has 0 aliphatic heterocycles. The van der Waals surface area contributed by atoms with E-state index in [4.69, 9.17) is 5.11 Å². The summed E-state index contributed by atoms with van der Waals surface area (Å²) in [5, 5.41) is 21.3. The molecule has 0 aromatic rings. The van der Waals surface area contributed by atoms with Gasteiger partial charge in [0.05, 0.1) is 0 Å². The van der Waals surface area contributed by atoms with Crippen LogP contribution in [0, 0.1) is 0 Å². The molecule has 3 N–H and O–H groups in total. The normalized spacial score (nSPS) is 16.8. The van der Waals surface area contributed by atoms with Crippen molar-refractivity contribution in [2.45, 2.75) is 44.4 Å². The van der Waals surface area contributed by atoms with Gasteiger partial charge in [0.25, 0.3) is 0 Å². The number of carboxylic acids is 1. The Morgan fingerprint density at radius 3 is 2.62 bits per heavy atom. The van der Waals surface area contributed by atoms with Crippen molar-refractivity contribution < 1.29 is 15.0 Å². The fraction of sp³-hybridized carbons (Fsp3) is 0.909. The minimum absolute atomic E-state index is 0.153. The summed E-state index contributed by atoms with van der Waals surface area (Å²) in [6.07, 6.45) is 1.62. The van der Waals surface area contributed by atoms with E-state index in [0.29, 0.717) is 18.7 Å². The smallest absolute Gasteiger partial charge is 0.324 e. The molecule has 0 heterocycles. The van der Waals surface area contributed by atoms with Crippen molar-refractivity contribution in [3.05, 3.63) is 0 Å². The monoisotopic (exact) mass is 249 g/mol. The molecule has 0 aliphatic rings. The zero-order chi connectivity index (χ0) is 12.6. The first-order valence-corrected chi connectivity index (χ1v) is 6.72. The second-order valence-corrected chi connectivity index (χ2v) is 5.62. The topological polar surface area (TPSA) is 69.6 Å². The molecule has 0 amide bonds. The van der Waals surface area contributed by atoms with Gasteiger partial charge in [-0.2, -0.15) is 11.8 Å². The molecule has 0 radical (unpaired) electrons. The molecule has 96 valence electrons. The largest absolute Gasteiger partial charge is 0.480 e. The van der Waals surface area contributed by atoms with Gasteiger partial charge in [-0.3, -0.25) is 4.79 Å². The standard InChI is InChI=1S/C11H23NO3S/c1-4-6-12-11(3,10(14)15)8-16-9(2)5-7-13/h9,12-13H,4-8H2,1-3H3,(H,14,15). The number of hydrogen-bond acceptors (Lipinski definition) is 4. The molecule has 0 aromatic carbocycles. The lowest BCUT2D eigenvalue weighted by Crippen LogP contribution is -2.52. The summed E-state index contributed by atoms with van der Waals surface area (Å²) in [5.41, 5.74) is -0.871. The van der Waals surface area contributed by atoms with Crippen LogP contribution in [0.5, 0.6) is 0 Å². The predicted octanol–water partition coefficient (Wildman–Crippen LogP) is 1.33. The molecule has 0 bridgehead atoms. The van der Waals surface area contributed by atoms with Crippen LogP contribution in [0.25, 0.3) is 0 Å². The van der Waals surface area contributed by atoms with Crippen LogP contribution in [0.2, 0.25) is 0 Å². The third-order valence-electron chi connectivity index (χ3n) is 2.43. The van der Waals surface area contributed by atoms with Gasteiger partial charge in [-0.25, -0.2) is 0 Å². The maximum atomic E-state index is 11.2. The van der Waals surface area contributed by atoms with E-state index in [1.54, 1.807) is 18.7 Å². The van der Waals surface area contributed by atoms with Crippen LogP contribution < -0.4 is 5.32 Å². The van der Waals surface area contributed by atoms with Crippen molar-refractivity contribution in [1.29, 1.82) is 0 Å². The van der Waals surface area contributed by atoms with Crippen LogP contribution in [-0.4, -0.2) is 45.9 Å². The van der Waals surface area contributed by atoms with Crippen LogP contribution in [-0.2, 0) is 4.79 Å². The molecule has 5 heteroatoms. The van der Waals surface area contributed by atoms with Crippen LogP contribution in [0.4, 0.5) is 0 Å². The number of carbonyl (C=O) groups is 1. The van der Waals surface area contributed by atoms with E-state index in [1.807, 2.05) is 13.8 Å². The van der Waals surface area contributed by atoms with E-state index < -0.39 is 11.5 Å². The Morgan fingerprint density at radius 2 is 2.19 bits per heavy atom. The molecular formula is C11H23NO3S. The molecule has 16 heavy (non-hydrogen) atoms. The third kappa shape index (κ3) is 5.72. The van der Waals surface area contributed by atoms with Gasteiger partial charge >= 0.3 is 5.97 Å². The average molecular weight is 249 g/mol. The molecular weight excluding hydrogens is 226 g/mol. The highest BCUT2D eigenvalue weighted by atomic mass is 32.2. The van der Waals surface area contributed by atoms with Gasteiger partial charge in [-0.1, -0.05) is 13.8 Å². The summed E-state index contributed by atoms with van der Waals surface area (Å²) in [6, 6.07) is 0. The lowest BCUT2D eigenvalue weighted by molar-refractivity contribution is -0.143. The fourth-order valence-electron chi connectivity index (χ4n) is 1.16. The predicted molar refractivity (Wildman–Crippen MR) is 68.0 cm³/mol. The molecule has 0 aliphatic carbocycles. The van der Waals surface area contributed by atoms with Crippen molar-refractivity contribution >= 4 is 17.7 Å². The molecule has 0 saturated heterocycles. The first-order chi connectivity index (χ1) is 7.46. The van der Waals surface area contributed by atoms with Crippen LogP contribution in [0.3, 0.4) is 0 Å². The van der Waals surface area contributed by atoms with Gasteiger partial charge in [0.1, 0.15) is 5.54 Å².